The van der Waals surface area contributed by atoms with Crippen molar-refractivity contribution in [1.29, 1.82) is 0 Å². The summed E-state index contributed by atoms with van der Waals surface area (Å²) in [6.07, 6.45) is 1.72. The number of piperidine rings is 1. The topological polar surface area (TPSA) is 100 Å². The van der Waals surface area contributed by atoms with Crippen LogP contribution in [0.5, 0.6) is 0 Å². The van der Waals surface area contributed by atoms with Crippen LogP contribution in [0.2, 0.25) is 0 Å². The van der Waals surface area contributed by atoms with E-state index in [1.807, 2.05) is 4.90 Å². The van der Waals surface area contributed by atoms with Gasteiger partial charge in [0.05, 0.1) is 24.2 Å². The number of carbonyl (C=O) groups excluding carboxylic acids is 2. The molecule has 2 amide bonds. The number of benzene rings is 1. The Morgan fingerprint density at radius 1 is 1.30 bits per heavy atom. The molecule has 0 bridgehead atoms. The molecule has 0 spiro atoms. The second kappa shape index (κ2) is 9.24. The summed E-state index contributed by atoms with van der Waals surface area (Å²) in [4.78, 5) is 30.6. The molecule has 0 saturated carbocycles. The van der Waals surface area contributed by atoms with Crippen molar-refractivity contribution in [2.75, 3.05) is 25.0 Å². The molecule has 0 aliphatic carbocycles. The Balaban J connectivity index is 1.51. The predicted octanol–water partition coefficient (Wildman–Crippen LogP) is 2.12. The first-order valence-corrected chi connectivity index (χ1v) is 9.51. The molecule has 2 N–H and O–H groups in total. The summed E-state index contributed by atoms with van der Waals surface area (Å²) >= 11 is 0. The molecule has 2 aromatic rings. The van der Waals surface area contributed by atoms with E-state index in [9.17, 15) is 22.8 Å². The number of nitrogens with one attached hydrogen (secondary N) is 2. The van der Waals surface area contributed by atoms with Crippen LogP contribution in [0.3, 0.4) is 0 Å². The molecule has 11 heteroatoms. The second-order valence-corrected chi connectivity index (χ2v) is 7.18. The molecule has 3 rings (SSSR count). The number of aryl methyl sites for hydroxylation is 1. The summed E-state index contributed by atoms with van der Waals surface area (Å²) < 4.78 is 45.0. The van der Waals surface area contributed by atoms with E-state index in [1.165, 1.54) is 0 Å². The summed E-state index contributed by atoms with van der Waals surface area (Å²) in [6.45, 7) is 4.26. The molecule has 8 nitrogen and oxygen atoms in total. The number of hydrogen-bond acceptors (Lipinski definition) is 6. The highest BCUT2D eigenvalue weighted by molar-refractivity contribution is 5.95. The number of halogens is 3. The molecule has 1 aromatic carbocycles. The Labute approximate surface area is 170 Å². The Morgan fingerprint density at radius 3 is 2.77 bits per heavy atom. The third-order valence-corrected chi connectivity index (χ3v) is 5.00. The maximum absolute atomic E-state index is 13.6. The second-order valence-electron chi connectivity index (χ2n) is 7.18. The third kappa shape index (κ3) is 4.96. The van der Waals surface area contributed by atoms with Crippen LogP contribution in [-0.4, -0.2) is 52.5 Å². The van der Waals surface area contributed by atoms with Crippen molar-refractivity contribution in [3.63, 3.8) is 0 Å². The summed E-state index contributed by atoms with van der Waals surface area (Å²) in [5, 5.41) is 8.37. The van der Waals surface area contributed by atoms with E-state index in [1.54, 1.807) is 13.8 Å². The van der Waals surface area contributed by atoms with Crippen molar-refractivity contribution < 1.29 is 27.3 Å². The van der Waals surface area contributed by atoms with E-state index in [2.05, 4.69) is 20.8 Å². The molecule has 1 aliphatic heterocycles. The lowest BCUT2D eigenvalue weighted by molar-refractivity contribution is -0.128. The fourth-order valence-corrected chi connectivity index (χ4v) is 3.34. The zero-order chi connectivity index (χ0) is 21.8. The van der Waals surface area contributed by atoms with Crippen LogP contribution in [0.4, 0.5) is 18.9 Å². The van der Waals surface area contributed by atoms with Gasteiger partial charge in [0.1, 0.15) is 0 Å². The van der Waals surface area contributed by atoms with E-state index in [0.29, 0.717) is 30.9 Å². The molecular formula is C19H22F3N5O3. The van der Waals surface area contributed by atoms with Crippen molar-refractivity contribution in [3.8, 4) is 0 Å². The summed E-state index contributed by atoms with van der Waals surface area (Å²) in [5.41, 5.74) is -0.505. The van der Waals surface area contributed by atoms with Crippen LogP contribution < -0.4 is 10.6 Å². The Morgan fingerprint density at radius 2 is 2.07 bits per heavy atom. The van der Waals surface area contributed by atoms with Gasteiger partial charge in [0.15, 0.2) is 23.3 Å². The molecular weight excluding hydrogens is 403 g/mol. The highest BCUT2D eigenvalue weighted by atomic mass is 19.2. The fraction of sp³-hybridized carbons (Fsp3) is 0.474. The van der Waals surface area contributed by atoms with Gasteiger partial charge in [0.25, 0.3) is 0 Å². The average Bonchev–Trinajstić information content (AvgIpc) is 3.18. The minimum Gasteiger partial charge on any atom is -0.346 e. The van der Waals surface area contributed by atoms with Crippen LogP contribution in [-0.2, 0) is 9.59 Å². The van der Waals surface area contributed by atoms with Crippen molar-refractivity contribution in [2.45, 2.75) is 38.6 Å². The number of anilines is 1. The molecule has 162 valence electrons. The highest BCUT2D eigenvalue weighted by Crippen LogP contribution is 2.26. The van der Waals surface area contributed by atoms with Gasteiger partial charge < -0.3 is 15.2 Å². The number of amides is 2. The van der Waals surface area contributed by atoms with Gasteiger partial charge in [-0.15, -0.1) is 0 Å². The number of nitrogens with zero attached hydrogens (tertiary/aromatic N) is 3. The Kier molecular flexibility index (Phi) is 6.70. The van der Waals surface area contributed by atoms with Gasteiger partial charge in [0.2, 0.25) is 17.7 Å². The first-order chi connectivity index (χ1) is 14.3. The maximum Gasteiger partial charge on any atom is 0.243 e. The summed E-state index contributed by atoms with van der Waals surface area (Å²) in [6, 6.07) is 1.08. The van der Waals surface area contributed by atoms with Crippen LogP contribution in [0.15, 0.2) is 16.7 Å². The number of rotatable bonds is 6. The molecule has 0 unspecified atom stereocenters. The van der Waals surface area contributed by atoms with Gasteiger partial charge in [-0.3, -0.25) is 14.5 Å². The zero-order valence-corrected chi connectivity index (χ0v) is 16.5. The van der Waals surface area contributed by atoms with Crippen LogP contribution >= 0.6 is 0 Å². The Hall–Kier alpha value is -2.95. The lowest BCUT2D eigenvalue weighted by Gasteiger charge is -2.34. The largest absolute Gasteiger partial charge is 0.346 e. The molecule has 1 saturated heterocycles. The van der Waals surface area contributed by atoms with Crippen molar-refractivity contribution >= 4 is 17.5 Å². The smallest absolute Gasteiger partial charge is 0.243 e. The van der Waals surface area contributed by atoms with Crippen LogP contribution in [0.1, 0.15) is 37.4 Å². The molecule has 30 heavy (non-hydrogen) atoms. The van der Waals surface area contributed by atoms with Crippen LogP contribution in [0, 0.1) is 24.4 Å². The number of aromatic nitrogens is 2. The lowest BCUT2D eigenvalue weighted by Crippen LogP contribution is -2.49. The minimum absolute atomic E-state index is 0.0230. The van der Waals surface area contributed by atoms with E-state index in [0.717, 1.165) is 18.9 Å². The number of likely N-dealkylation sites (tertiary alicyclic amines) is 1. The first-order valence-electron chi connectivity index (χ1n) is 9.51. The van der Waals surface area contributed by atoms with Gasteiger partial charge in [0, 0.05) is 6.54 Å². The quantitative estimate of drug-likeness (QED) is 0.688. The van der Waals surface area contributed by atoms with Gasteiger partial charge >= 0.3 is 0 Å². The zero-order valence-electron chi connectivity index (χ0n) is 16.5. The van der Waals surface area contributed by atoms with Gasteiger partial charge in [-0.2, -0.15) is 4.98 Å². The van der Waals surface area contributed by atoms with Gasteiger partial charge in [-0.1, -0.05) is 5.16 Å². The van der Waals surface area contributed by atoms with Crippen molar-refractivity contribution in [2.24, 2.45) is 0 Å². The summed E-state index contributed by atoms with van der Waals surface area (Å²) in [5.74, 6) is -4.58. The first kappa shape index (κ1) is 21.8. The molecule has 1 aromatic heterocycles. The van der Waals surface area contributed by atoms with Crippen molar-refractivity contribution in [3.05, 3.63) is 41.3 Å². The molecule has 0 radical (unpaired) electrons. The SMILES string of the molecule is Cc1noc([C@@H]2CCCN([C@H](C)C(=O)NCC(=O)Nc3ccc(F)c(F)c3F)C2)n1. The molecule has 2 atom stereocenters. The highest BCUT2D eigenvalue weighted by Gasteiger charge is 2.30. The molecule has 1 fully saturated rings. The standard InChI is InChI=1S/C19H22F3N5O3/c1-10(27-7-3-4-12(9-27)19-24-11(2)26-30-19)18(29)23-8-15(28)25-14-6-5-13(20)16(21)17(14)22/h5-6,10,12H,3-4,7-9H2,1-2H3,(H,23,29)(H,25,28)/t10-,12-/m1/s1. The summed E-state index contributed by atoms with van der Waals surface area (Å²) in [7, 11) is 0. The predicted molar refractivity (Wildman–Crippen MR) is 100 cm³/mol. The lowest BCUT2D eigenvalue weighted by atomic mass is 9.96. The van der Waals surface area contributed by atoms with E-state index in [-0.39, 0.29) is 5.92 Å². The monoisotopic (exact) mass is 425 g/mol. The molecule has 2 heterocycles. The van der Waals surface area contributed by atoms with E-state index >= 15 is 0 Å². The van der Waals surface area contributed by atoms with Crippen molar-refractivity contribution in [1.82, 2.24) is 20.4 Å². The minimum atomic E-state index is -1.68. The van der Waals surface area contributed by atoms with E-state index < -0.39 is 47.5 Å². The van der Waals surface area contributed by atoms with Gasteiger partial charge in [-0.05, 0) is 45.4 Å². The maximum atomic E-state index is 13.6. The average molecular weight is 425 g/mol. The Bertz CT molecular complexity index is 936. The number of carbonyl (C=O) groups is 2. The van der Waals surface area contributed by atoms with E-state index in [4.69, 9.17) is 4.52 Å². The normalized spacial score (nSPS) is 18.1. The molecule has 1 aliphatic rings. The number of hydrogen-bond donors (Lipinski definition) is 2. The third-order valence-electron chi connectivity index (χ3n) is 5.00. The fourth-order valence-electron chi connectivity index (χ4n) is 3.34. The van der Waals surface area contributed by atoms with Gasteiger partial charge in [-0.25, -0.2) is 13.2 Å². The van der Waals surface area contributed by atoms with Crippen LogP contribution in [0.25, 0.3) is 0 Å².